The predicted octanol–water partition coefficient (Wildman–Crippen LogP) is 4.33. The molecule has 1 aromatic carbocycles. The first-order valence-electron chi connectivity index (χ1n) is 12.3. The molecule has 3 rings (SSSR count). The van der Waals surface area contributed by atoms with E-state index in [4.69, 9.17) is 16.3 Å². The van der Waals surface area contributed by atoms with E-state index in [0.29, 0.717) is 4.34 Å². The molecule has 0 saturated carbocycles. The molecule has 2 N–H and O–H groups in total. The molecule has 1 aliphatic heterocycles. The number of rotatable bonds is 13. The van der Waals surface area contributed by atoms with Crippen molar-refractivity contribution in [3.8, 4) is 5.75 Å². The van der Waals surface area contributed by atoms with Gasteiger partial charge in [0.1, 0.15) is 12.6 Å². The lowest BCUT2D eigenvalue weighted by Gasteiger charge is -2.32. The molecule has 9 nitrogen and oxygen atoms in total. The van der Waals surface area contributed by atoms with Gasteiger partial charge in [0.25, 0.3) is 18.2 Å². The molecule has 0 unspecified atom stereocenters. The average Bonchev–Trinajstić information content (AvgIpc) is 3.30. The Labute approximate surface area is 237 Å². The Morgan fingerprint density at radius 3 is 2.52 bits per heavy atom. The van der Waals surface area contributed by atoms with Gasteiger partial charge in [0.15, 0.2) is 5.75 Å². The molecule has 0 spiro atoms. The number of alkyl halides is 4. The summed E-state index contributed by atoms with van der Waals surface area (Å²) in [6.07, 6.45) is -2.79. The second-order valence-electron chi connectivity index (χ2n) is 9.21. The fourth-order valence-corrected chi connectivity index (χ4v) is 5.02. The number of halogens is 5. The summed E-state index contributed by atoms with van der Waals surface area (Å²) in [6, 6.07) is 5.59. The first-order valence-corrected chi connectivity index (χ1v) is 13.5. The number of carbonyl (C=O) groups excluding carboxylic acids is 3. The van der Waals surface area contributed by atoms with Crippen LogP contribution < -0.4 is 20.3 Å². The minimum Gasteiger partial charge on any atom is -0.433 e. The van der Waals surface area contributed by atoms with Crippen LogP contribution in [0.15, 0.2) is 30.3 Å². The second kappa shape index (κ2) is 14.6. The molecule has 1 atom stereocenters. The topological polar surface area (TPSA) is 100 Å². The van der Waals surface area contributed by atoms with E-state index in [0.717, 1.165) is 11.3 Å². The van der Waals surface area contributed by atoms with Gasteiger partial charge in [0.05, 0.1) is 28.1 Å². The molecule has 1 fully saturated rings. The van der Waals surface area contributed by atoms with Gasteiger partial charge in [-0.25, -0.2) is 8.78 Å². The molecule has 2 heterocycles. The van der Waals surface area contributed by atoms with Crippen LogP contribution in [-0.2, 0) is 14.3 Å². The van der Waals surface area contributed by atoms with Crippen molar-refractivity contribution in [2.24, 2.45) is 5.92 Å². The fourth-order valence-electron chi connectivity index (χ4n) is 4.06. The summed E-state index contributed by atoms with van der Waals surface area (Å²) in [7, 11) is 0. The average molecular weight is 609 g/mol. The summed E-state index contributed by atoms with van der Waals surface area (Å²) in [5.74, 6) is -2.33. The largest absolute Gasteiger partial charge is 0.433 e. The standard InChI is InChI=1S/C25H29ClF4N4O5S/c1-14(2)11-33(12-21(27)28)17(10-31-24(37)19-5-6-20(26)40-19)23(36)32-16-4-3-15(9-18(16)39-25(29)30)34-7-8-38-13-22(34)35/h3-6,9,14,17,21,25H,7-8,10-13H2,1-2H3,(H,31,37)(H,32,36)/t17-/m1/s1. The number of thiophene rings is 1. The van der Waals surface area contributed by atoms with Gasteiger partial charge in [0, 0.05) is 31.4 Å². The maximum absolute atomic E-state index is 13.5. The molecule has 0 aliphatic carbocycles. The van der Waals surface area contributed by atoms with Crippen molar-refractivity contribution in [3.05, 3.63) is 39.5 Å². The number of nitrogens with one attached hydrogen (secondary N) is 2. The molecular weight excluding hydrogens is 580 g/mol. The van der Waals surface area contributed by atoms with Gasteiger partial charge < -0.3 is 25.0 Å². The smallest absolute Gasteiger partial charge is 0.387 e. The Bertz CT molecular complexity index is 1180. The molecule has 0 bridgehead atoms. The summed E-state index contributed by atoms with van der Waals surface area (Å²) in [6.45, 7) is -0.480. The number of amides is 3. The van der Waals surface area contributed by atoms with Crippen molar-refractivity contribution in [1.82, 2.24) is 10.2 Å². The quantitative estimate of drug-likeness (QED) is 0.329. The molecule has 1 aromatic heterocycles. The van der Waals surface area contributed by atoms with Crippen LogP contribution in [0.4, 0.5) is 28.9 Å². The highest BCUT2D eigenvalue weighted by Crippen LogP contribution is 2.32. The third-order valence-electron chi connectivity index (χ3n) is 5.71. The molecule has 1 aliphatic rings. The van der Waals surface area contributed by atoms with E-state index in [1.165, 1.54) is 40.1 Å². The Morgan fingerprint density at radius 2 is 1.93 bits per heavy atom. The van der Waals surface area contributed by atoms with Crippen molar-refractivity contribution < 1.29 is 41.4 Å². The number of hydrogen-bond donors (Lipinski definition) is 2. The van der Waals surface area contributed by atoms with Crippen molar-refractivity contribution in [3.63, 3.8) is 0 Å². The zero-order chi connectivity index (χ0) is 29.4. The third-order valence-corrected chi connectivity index (χ3v) is 6.94. The van der Waals surface area contributed by atoms with E-state index in [1.807, 2.05) is 0 Å². The Hall–Kier alpha value is -2.94. The summed E-state index contributed by atoms with van der Waals surface area (Å²) in [5, 5.41) is 5.04. The Morgan fingerprint density at radius 1 is 1.18 bits per heavy atom. The number of benzene rings is 1. The van der Waals surface area contributed by atoms with Crippen molar-refractivity contribution in [2.45, 2.75) is 32.9 Å². The highest BCUT2D eigenvalue weighted by atomic mass is 35.5. The molecule has 0 radical (unpaired) electrons. The van der Waals surface area contributed by atoms with Gasteiger partial charge >= 0.3 is 6.61 Å². The van der Waals surface area contributed by atoms with Crippen LogP contribution in [0.1, 0.15) is 23.5 Å². The van der Waals surface area contributed by atoms with Crippen molar-refractivity contribution in [2.75, 3.05) is 49.6 Å². The van der Waals surface area contributed by atoms with Gasteiger partial charge in [0.2, 0.25) is 5.91 Å². The highest BCUT2D eigenvalue weighted by molar-refractivity contribution is 7.18. The molecule has 15 heteroatoms. The minimum absolute atomic E-state index is 0.0849. The number of carbonyl (C=O) groups is 3. The minimum atomic E-state index is -3.25. The molecular formula is C25H29ClF4N4O5S. The van der Waals surface area contributed by atoms with Gasteiger partial charge in [-0.3, -0.25) is 19.3 Å². The van der Waals surface area contributed by atoms with Crippen molar-refractivity contribution >= 4 is 52.0 Å². The SMILES string of the molecule is CC(C)CN(CC(F)F)[C@H](CNC(=O)c1ccc(Cl)s1)C(=O)Nc1ccc(N2CCOCC2=O)cc1OC(F)F. The van der Waals surface area contributed by atoms with Crippen LogP contribution in [0.5, 0.6) is 5.75 Å². The molecule has 40 heavy (non-hydrogen) atoms. The maximum Gasteiger partial charge on any atom is 0.387 e. The van der Waals surface area contributed by atoms with Crippen molar-refractivity contribution in [1.29, 1.82) is 0 Å². The first kappa shape index (κ1) is 31.6. The van der Waals surface area contributed by atoms with Gasteiger partial charge in [-0.15, -0.1) is 11.3 Å². The van der Waals surface area contributed by atoms with E-state index in [2.05, 4.69) is 15.4 Å². The Kier molecular flexibility index (Phi) is 11.5. The molecule has 1 saturated heterocycles. The number of hydrogen-bond acceptors (Lipinski definition) is 7. The number of ether oxygens (including phenoxy) is 2. The molecule has 3 amide bonds. The maximum atomic E-state index is 13.5. The lowest BCUT2D eigenvalue weighted by atomic mass is 10.1. The highest BCUT2D eigenvalue weighted by Gasteiger charge is 2.31. The van der Waals surface area contributed by atoms with E-state index < -0.39 is 43.2 Å². The van der Waals surface area contributed by atoms with E-state index in [1.54, 1.807) is 13.8 Å². The van der Waals surface area contributed by atoms with E-state index >= 15 is 0 Å². The third kappa shape index (κ3) is 9.04. The first-order chi connectivity index (χ1) is 18.9. The fraction of sp³-hybridized carbons (Fsp3) is 0.480. The van der Waals surface area contributed by atoms with Gasteiger partial charge in [-0.05, 0) is 30.2 Å². The monoisotopic (exact) mass is 608 g/mol. The lowest BCUT2D eigenvalue weighted by Crippen LogP contribution is -2.53. The summed E-state index contributed by atoms with van der Waals surface area (Å²) >= 11 is 6.89. The molecule has 220 valence electrons. The number of anilines is 2. The summed E-state index contributed by atoms with van der Waals surface area (Å²) < 4.78 is 63.6. The number of morpholine rings is 1. The van der Waals surface area contributed by atoms with Crippen LogP contribution in [0.3, 0.4) is 0 Å². The van der Waals surface area contributed by atoms with Crippen LogP contribution in [0, 0.1) is 5.92 Å². The molecule has 2 aromatic rings. The van der Waals surface area contributed by atoms with Crippen LogP contribution in [0.25, 0.3) is 0 Å². The zero-order valence-corrected chi connectivity index (χ0v) is 23.2. The van der Waals surface area contributed by atoms with E-state index in [-0.39, 0.29) is 60.9 Å². The lowest BCUT2D eigenvalue weighted by molar-refractivity contribution is -0.125. The zero-order valence-electron chi connectivity index (χ0n) is 21.7. The van der Waals surface area contributed by atoms with Crippen LogP contribution >= 0.6 is 22.9 Å². The number of nitrogens with zero attached hydrogens (tertiary/aromatic N) is 2. The van der Waals surface area contributed by atoms with Gasteiger partial charge in [-0.1, -0.05) is 25.4 Å². The van der Waals surface area contributed by atoms with Crippen LogP contribution in [-0.4, -0.2) is 81.1 Å². The van der Waals surface area contributed by atoms with Gasteiger partial charge in [-0.2, -0.15) is 8.78 Å². The van der Waals surface area contributed by atoms with Crippen LogP contribution in [0.2, 0.25) is 4.34 Å². The van der Waals surface area contributed by atoms with E-state index in [9.17, 15) is 31.9 Å². The Balaban J connectivity index is 1.88. The second-order valence-corrected chi connectivity index (χ2v) is 10.9. The summed E-state index contributed by atoms with van der Waals surface area (Å²) in [4.78, 5) is 41.1. The summed E-state index contributed by atoms with van der Waals surface area (Å²) in [5.41, 5.74) is 0.0807. The normalized spacial score (nSPS) is 14.8. The predicted molar refractivity (Wildman–Crippen MR) is 143 cm³/mol.